The van der Waals surface area contributed by atoms with Gasteiger partial charge in [0.25, 0.3) is 0 Å². The molecule has 110 valence electrons. The Hall–Kier alpha value is -1.32. The molecule has 2 aromatic rings. The van der Waals surface area contributed by atoms with Gasteiger partial charge in [0.1, 0.15) is 0 Å². The van der Waals surface area contributed by atoms with Crippen LogP contribution in [0.4, 0.5) is 5.69 Å². The van der Waals surface area contributed by atoms with Crippen LogP contribution in [0.15, 0.2) is 46.9 Å². The molecule has 2 N–H and O–H groups in total. The van der Waals surface area contributed by atoms with Crippen molar-refractivity contribution < 1.29 is 0 Å². The van der Waals surface area contributed by atoms with Gasteiger partial charge in [-0.15, -0.1) is 0 Å². The number of para-hydroxylation sites is 1. The zero-order chi connectivity index (χ0) is 14.8. The molecule has 0 bridgehead atoms. The second kappa shape index (κ2) is 6.20. The number of halogens is 1. The number of nitrogens with two attached hydrogens (primary N) is 1. The maximum Gasteiger partial charge on any atom is 0.0441 e. The lowest BCUT2D eigenvalue weighted by molar-refractivity contribution is 0.644. The van der Waals surface area contributed by atoms with E-state index in [-0.39, 0.29) is 0 Å². The minimum atomic E-state index is 0.565. The van der Waals surface area contributed by atoms with Crippen LogP contribution in [0.5, 0.6) is 0 Å². The molecule has 0 aliphatic carbocycles. The SMILES string of the molecule is Cc1ccc(CN2CC(CCN)c3ccccc32)c(Br)c1. The number of hydrogen-bond donors (Lipinski definition) is 1. The molecule has 3 heteroatoms. The topological polar surface area (TPSA) is 29.3 Å². The summed E-state index contributed by atoms with van der Waals surface area (Å²) in [5, 5.41) is 0. The highest BCUT2D eigenvalue weighted by atomic mass is 79.9. The first-order valence-electron chi connectivity index (χ1n) is 7.48. The molecule has 2 aromatic carbocycles. The molecule has 0 saturated heterocycles. The molecule has 1 aliphatic rings. The van der Waals surface area contributed by atoms with Crippen molar-refractivity contribution in [3.8, 4) is 0 Å². The average molecular weight is 345 g/mol. The molecule has 0 saturated carbocycles. The smallest absolute Gasteiger partial charge is 0.0441 e. The van der Waals surface area contributed by atoms with Gasteiger partial charge in [0, 0.05) is 29.2 Å². The van der Waals surface area contributed by atoms with Gasteiger partial charge in [0.05, 0.1) is 0 Å². The van der Waals surface area contributed by atoms with Crippen LogP contribution in [0, 0.1) is 6.92 Å². The molecule has 0 aromatic heterocycles. The number of hydrogen-bond acceptors (Lipinski definition) is 2. The van der Waals surface area contributed by atoms with Gasteiger partial charge in [-0.2, -0.15) is 0 Å². The van der Waals surface area contributed by atoms with Crippen molar-refractivity contribution in [2.75, 3.05) is 18.0 Å². The molecule has 3 rings (SSSR count). The van der Waals surface area contributed by atoms with E-state index in [1.54, 1.807) is 0 Å². The Morgan fingerprint density at radius 3 is 2.81 bits per heavy atom. The number of nitrogens with zero attached hydrogens (tertiary/aromatic N) is 1. The summed E-state index contributed by atoms with van der Waals surface area (Å²) >= 11 is 3.69. The van der Waals surface area contributed by atoms with Crippen molar-refractivity contribution in [1.82, 2.24) is 0 Å². The summed E-state index contributed by atoms with van der Waals surface area (Å²) in [6.07, 6.45) is 1.06. The summed E-state index contributed by atoms with van der Waals surface area (Å²) in [5.41, 5.74) is 11.2. The highest BCUT2D eigenvalue weighted by molar-refractivity contribution is 9.10. The third-order valence-electron chi connectivity index (χ3n) is 4.24. The highest BCUT2D eigenvalue weighted by Crippen LogP contribution is 2.39. The molecule has 1 atom stereocenters. The van der Waals surface area contributed by atoms with Gasteiger partial charge >= 0.3 is 0 Å². The zero-order valence-corrected chi connectivity index (χ0v) is 13.9. The van der Waals surface area contributed by atoms with Gasteiger partial charge in [-0.3, -0.25) is 0 Å². The lowest BCUT2D eigenvalue weighted by Crippen LogP contribution is -2.22. The summed E-state index contributed by atoms with van der Waals surface area (Å²) in [6.45, 7) is 4.88. The van der Waals surface area contributed by atoms with Gasteiger partial charge in [-0.1, -0.05) is 46.3 Å². The molecule has 21 heavy (non-hydrogen) atoms. The summed E-state index contributed by atoms with van der Waals surface area (Å²) < 4.78 is 1.20. The zero-order valence-electron chi connectivity index (χ0n) is 12.3. The maximum atomic E-state index is 5.78. The second-order valence-electron chi connectivity index (χ2n) is 5.81. The van der Waals surface area contributed by atoms with Crippen LogP contribution in [0.3, 0.4) is 0 Å². The van der Waals surface area contributed by atoms with Crippen molar-refractivity contribution in [3.63, 3.8) is 0 Å². The summed E-state index contributed by atoms with van der Waals surface area (Å²) in [4.78, 5) is 2.48. The molecule has 2 nitrogen and oxygen atoms in total. The van der Waals surface area contributed by atoms with E-state index in [1.165, 1.54) is 26.9 Å². The Morgan fingerprint density at radius 1 is 1.24 bits per heavy atom. The fourth-order valence-electron chi connectivity index (χ4n) is 3.17. The third kappa shape index (κ3) is 2.99. The predicted molar refractivity (Wildman–Crippen MR) is 92.8 cm³/mol. The van der Waals surface area contributed by atoms with Crippen molar-refractivity contribution in [2.45, 2.75) is 25.8 Å². The van der Waals surface area contributed by atoms with Crippen LogP contribution in [0.1, 0.15) is 29.0 Å². The van der Waals surface area contributed by atoms with E-state index in [1.807, 2.05) is 0 Å². The predicted octanol–water partition coefficient (Wildman–Crippen LogP) is 4.21. The van der Waals surface area contributed by atoms with Crippen LogP contribution in [0.25, 0.3) is 0 Å². The molecule has 0 spiro atoms. The lowest BCUT2D eigenvalue weighted by Gasteiger charge is -2.21. The van der Waals surface area contributed by atoms with Gasteiger partial charge in [0.2, 0.25) is 0 Å². The summed E-state index contributed by atoms with van der Waals surface area (Å²) in [7, 11) is 0. The van der Waals surface area contributed by atoms with Gasteiger partial charge in [0.15, 0.2) is 0 Å². The molecular weight excluding hydrogens is 324 g/mol. The van der Waals surface area contributed by atoms with E-state index in [0.717, 1.165) is 26.1 Å². The molecule has 1 aliphatic heterocycles. The minimum Gasteiger partial charge on any atom is -0.366 e. The number of aryl methyl sites for hydroxylation is 1. The van der Waals surface area contributed by atoms with Crippen LogP contribution in [-0.4, -0.2) is 13.1 Å². The van der Waals surface area contributed by atoms with E-state index >= 15 is 0 Å². The van der Waals surface area contributed by atoms with E-state index < -0.39 is 0 Å². The average Bonchev–Trinajstić information content (AvgIpc) is 2.81. The van der Waals surface area contributed by atoms with E-state index in [0.29, 0.717) is 5.92 Å². The molecular formula is C18H21BrN2. The Kier molecular flexibility index (Phi) is 4.32. The molecule has 0 radical (unpaired) electrons. The highest BCUT2D eigenvalue weighted by Gasteiger charge is 2.27. The quantitative estimate of drug-likeness (QED) is 0.899. The van der Waals surface area contributed by atoms with Crippen LogP contribution < -0.4 is 10.6 Å². The molecule has 0 amide bonds. The molecule has 1 unspecified atom stereocenters. The molecule has 1 heterocycles. The summed E-state index contributed by atoms with van der Waals surface area (Å²) in [6, 6.07) is 15.3. The largest absolute Gasteiger partial charge is 0.366 e. The van der Waals surface area contributed by atoms with E-state index in [9.17, 15) is 0 Å². The minimum absolute atomic E-state index is 0.565. The Labute approximate surface area is 135 Å². The van der Waals surface area contributed by atoms with Crippen LogP contribution in [0.2, 0.25) is 0 Å². The second-order valence-corrected chi connectivity index (χ2v) is 6.66. The monoisotopic (exact) mass is 344 g/mol. The lowest BCUT2D eigenvalue weighted by atomic mass is 9.98. The number of fused-ring (bicyclic) bond motifs is 1. The summed E-state index contributed by atoms with van der Waals surface area (Å²) in [5.74, 6) is 0.565. The first kappa shape index (κ1) is 14.6. The standard InChI is InChI=1S/C18H21BrN2/c1-13-6-7-15(17(19)10-13)12-21-11-14(8-9-20)16-4-2-3-5-18(16)21/h2-7,10,14H,8-9,11-12,20H2,1H3. The Bertz CT molecular complexity index is 639. The van der Waals surface area contributed by atoms with Crippen molar-refractivity contribution >= 4 is 21.6 Å². The van der Waals surface area contributed by atoms with E-state index in [2.05, 4.69) is 70.2 Å². The number of benzene rings is 2. The van der Waals surface area contributed by atoms with E-state index in [4.69, 9.17) is 5.73 Å². The first-order valence-corrected chi connectivity index (χ1v) is 8.27. The van der Waals surface area contributed by atoms with Crippen LogP contribution in [-0.2, 0) is 6.54 Å². The number of rotatable bonds is 4. The van der Waals surface area contributed by atoms with Gasteiger partial charge < -0.3 is 10.6 Å². The maximum absolute atomic E-state index is 5.78. The van der Waals surface area contributed by atoms with Crippen molar-refractivity contribution in [3.05, 3.63) is 63.6 Å². The van der Waals surface area contributed by atoms with Crippen molar-refractivity contribution in [1.29, 1.82) is 0 Å². The fourth-order valence-corrected chi connectivity index (χ4v) is 3.79. The van der Waals surface area contributed by atoms with Gasteiger partial charge in [-0.05, 0) is 48.7 Å². The first-order chi connectivity index (χ1) is 10.2. The fraction of sp³-hybridized carbons (Fsp3) is 0.333. The number of anilines is 1. The normalized spacial score (nSPS) is 17.1. The molecule has 0 fully saturated rings. The third-order valence-corrected chi connectivity index (χ3v) is 4.98. The van der Waals surface area contributed by atoms with Gasteiger partial charge in [-0.25, -0.2) is 0 Å². The Balaban J connectivity index is 1.86. The van der Waals surface area contributed by atoms with Crippen molar-refractivity contribution in [2.24, 2.45) is 5.73 Å². The van der Waals surface area contributed by atoms with Crippen LogP contribution >= 0.6 is 15.9 Å². The Morgan fingerprint density at radius 2 is 2.05 bits per heavy atom.